The molecule has 0 aromatic carbocycles. The molecule has 2 rings (SSSR count). The summed E-state index contributed by atoms with van der Waals surface area (Å²) in [5.41, 5.74) is -0.0589. The van der Waals surface area contributed by atoms with E-state index < -0.39 is 0 Å². The van der Waals surface area contributed by atoms with Crippen molar-refractivity contribution in [2.45, 2.75) is 32.3 Å². The van der Waals surface area contributed by atoms with E-state index >= 15 is 0 Å². The number of hydrogen-bond donors (Lipinski definition) is 0. The minimum absolute atomic E-state index is 0.0589. The zero-order valence-electron chi connectivity index (χ0n) is 11.3. The van der Waals surface area contributed by atoms with Crippen molar-refractivity contribution in [2.75, 3.05) is 38.3 Å². The van der Waals surface area contributed by atoms with Crippen LogP contribution in [-0.2, 0) is 15.9 Å². The highest BCUT2D eigenvalue weighted by Gasteiger charge is 2.31. The van der Waals surface area contributed by atoms with Crippen LogP contribution in [0.2, 0.25) is 0 Å². The molecule has 1 unspecified atom stereocenters. The first-order valence-electron chi connectivity index (χ1n) is 6.37. The maximum atomic E-state index is 5.83. The quantitative estimate of drug-likeness (QED) is 0.816. The largest absolute Gasteiger partial charge is 0.384 e. The molecule has 2 heterocycles. The van der Waals surface area contributed by atoms with Crippen molar-refractivity contribution in [3.63, 3.8) is 0 Å². The Morgan fingerprint density at radius 2 is 2.39 bits per heavy atom. The number of hydrogen-bond acceptors (Lipinski definition) is 6. The summed E-state index contributed by atoms with van der Waals surface area (Å²) in [6.07, 6.45) is 1.79. The second-order valence-corrected chi connectivity index (χ2v) is 5.54. The normalized spacial score (nSPS) is 24.5. The van der Waals surface area contributed by atoms with Crippen molar-refractivity contribution in [3.05, 3.63) is 5.82 Å². The Bertz CT molecular complexity index is 385. The van der Waals surface area contributed by atoms with Crippen LogP contribution >= 0.6 is 11.5 Å². The molecule has 1 aliphatic heterocycles. The van der Waals surface area contributed by atoms with E-state index in [2.05, 4.69) is 28.1 Å². The van der Waals surface area contributed by atoms with Gasteiger partial charge in [-0.2, -0.15) is 4.37 Å². The molecular formula is C12H21N3O2S. The molecule has 0 N–H and O–H groups in total. The van der Waals surface area contributed by atoms with Crippen molar-refractivity contribution < 1.29 is 9.47 Å². The first kappa shape index (κ1) is 13.7. The van der Waals surface area contributed by atoms with Gasteiger partial charge in [0.2, 0.25) is 5.13 Å². The third-order valence-electron chi connectivity index (χ3n) is 3.34. The van der Waals surface area contributed by atoms with Gasteiger partial charge in [0.15, 0.2) is 0 Å². The predicted molar refractivity (Wildman–Crippen MR) is 72.4 cm³/mol. The molecule has 0 amide bonds. The minimum Gasteiger partial charge on any atom is -0.384 e. The summed E-state index contributed by atoms with van der Waals surface area (Å²) in [4.78, 5) is 6.85. The molecule has 18 heavy (non-hydrogen) atoms. The number of aromatic nitrogens is 2. The second kappa shape index (κ2) is 5.95. The lowest BCUT2D eigenvalue weighted by molar-refractivity contribution is -0.0441. The topological polar surface area (TPSA) is 47.5 Å². The van der Waals surface area contributed by atoms with Gasteiger partial charge in [-0.15, -0.1) is 0 Å². The van der Waals surface area contributed by atoms with Crippen LogP contribution in [0.3, 0.4) is 0 Å². The maximum absolute atomic E-state index is 5.83. The fourth-order valence-electron chi connectivity index (χ4n) is 1.98. The fourth-order valence-corrected chi connectivity index (χ4v) is 2.71. The Morgan fingerprint density at radius 3 is 3.11 bits per heavy atom. The second-order valence-electron chi connectivity index (χ2n) is 4.81. The van der Waals surface area contributed by atoms with Gasteiger partial charge in [-0.05, 0) is 13.3 Å². The van der Waals surface area contributed by atoms with E-state index in [1.54, 1.807) is 7.11 Å². The van der Waals surface area contributed by atoms with Crippen molar-refractivity contribution in [2.24, 2.45) is 0 Å². The Morgan fingerprint density at radius 1 is 1.56 bits per heavy atom. The SMILES string of the molecule is CCC1(C)CN(c2nc(CCOC)ns2)CCO1. The van der Waals surface area contributed by atoms with Gasteiger partial charge in [0.25, 0.3) is 0 Å². The number of anilines is 1. The lowest BCUT2D eigenvalue weighted by Gasteiger charge is -2.39. The molecule has 1 aliphatic rings. The summed E-state index contributed by atoms with van der Waals surface area (Å²) in [6, 6.07) is 0. The van der Waals surface area contributed by atoms with Gasteiger partial charge in [-0.25, -0.2) is 4.98 Å². The zero-order chi connectivity index (χ0) is 13.0. The summed E-state index contributed by atoms with van der Waals surface area (Å²) in [7, 11) is 1.70. The zero-order valence-corrected chi connectivity index (χ0v) is 12.1. The van der Waals surface area contributed by atoms with Crippen molar-refractivity contribution >= 4 is 16.7 Å². The van der Waals surface area contributed by atoms with Crippen LogP contribution < -0.4 is 4.90 Å². The smallest absolute Gasteiger partial charge is 0.205 e. The third-order valence-corrected chi connectivity index (χ3v) is 4.16. The number of methoxy groups -OCH3 is 1. The summed E-state index contributed by atoms with van der Waals surface area (Å²) in [5, 5.41) is 1.00. The van der Waals surface area contributed by atoms with Crippen LogP contribution in [0.15, 0.2) is 0 Å². The maximum Gasteiger partial charge on any atom is 0.205 e. The van der Waals surface area contributed by atoms with E-state index in [4.69, 9.17) is 9.47 Å². The van der Waals surface area contributed by atoms with Crippen molar-refractivity contribution in [3.8, 4) is 0 Å². The predicted octanol–water partition coefficient (Wildman–Crippen LogP) is 1.73. The highest BCUT2D eigenvalue weighted by atomic mass is 32.1. The summed E-state index contributed by atoms with van der Waals surface area (Å²) in [5.74, 6) is 0.876. The van der Waals surface area contributed by atoms with E-state index in [9.17, 15) is 0 Å². The van der Waals surface area contributed by atoms with Gasteiger partial charge >= 0.3 is 0 Å². The molecule has 102 valence electrons. The average Bonchev–Trinajstić information content (AvgIpc) is 2.85. The summed E-state index contributed by atoms with van der Waals surface area (Å²) in [6.45, 7) is 7.54. The molecule has 1 aromatic heterocycles. The van der Waals surface area contributed by atoms with Gasteiger partial charge in [0.05, 0.1) is 18.8 Å². The highest BCUT2D eigenvalue weighted by Crippen LogP contribution is 2.26. The third kappa shape index (κ3) is 3.18. The van der Waals surface area contributed by atoms with E-state index in [1.165, 1.54) is 11.5 Å². The molecular weight excluding hydrogens is 250 g/mol. The van der Waals surface area contributed by atoms with Gasteiger partial charge in [-0.1, -0.05) is 6.92 Å². The Labute approximate surface area is 112 Å². The van der Waals surface area contributed by atoms with Crippen LogP contribution in [0, 0.1) is 0 Å². The Kier molecular flexibility index (Phi) is 4.53. The molecule has 0 aliphatic carbocycles. The molecule has 0 radical (unpaired) electrons. The van der Waals surface area contributed by atoms with E-state index in [1.807, 2.05) is 0 Å². The van der Waals surface area contributed by atoms with E-state index in [0.29, 0.717) is 6.61 Å². The number of nitrogens with zero attached hydrogens (tertiary/aromatic N) is 3. The molecule has 6 heteroatoms. The highest BCUT2D eigenvalue weighted by molar-refractivity contribution is 7.09. The molecule has 5 nitrogen and oxygen atoms in total. The molecule has 0 saturated carbocycles. The van der Waals surface area contributed by atoms with Crippen molar-refractivity contribution in [1.82, 2.24) is 9.36 Å². The van der Waals surface area contributed by atoms with Crippen LogP contribution in [0.5, 0.6) is 0 Å². The van der Waals surface area contributed by atoms with E-state index in [0.717, 1.165) is 43.5 Å². The summed E-state index contributed by atoms with van der Waals surface area (Å²) < 4.78 is 15.2. The van der Waals surface area contributed by atoms with Crippen LogP contribution in [0.1, 0.15) is 26.1 Å². The first-order valence-corrected chi connectivity index (χ1v) is 7.14. The van der Waals surface area contributed by atoms with Gasteiger partial charge in [0.1, 0.15) is 5.82 Å². The number of ether oxygens (including phenoxy) is 2. The number of rotatable bonds is 5. The monoisotopic (exact) mass is 271 g/mol. The lowest BCUT2D eigenvalue weighted by atomic mass is 10.0. The van der Waals surface area contributed by atoms with Crippen molar-refractivity contribution in [1.29, 1.82) is 0 Å². The van der Waals surface area contributed by atoms with Crippen LogP contribution in [0.4, 0.5) is 5.13 Å². The van der Waals surface area contributed by atoms with Crippen LogP contribution in [-0.4, -0.2) is 48.4 Å². The van der Waals surface area contributed by atoms with Gasteiger partial charge in [-0.3, -0.25) is 0 Å². The summed E-state index contributed by atoms with van der Waals surface area (Å²) >= 11 is 1.47. The first-order chi connectivity index (χ1) is 8.67. The fraction of sp³-hybridized carbons (Fsp3) is 0.833. The van der Waals surface area contributed by atoms with E-state index in [-0.39, 0.29) is 5.60 Å². The lowest BCUT2D eigenvalue weighted by Crippen LogP contribution is -2.49. The van der Waals surface area contributed by atoms with Gasteiger partial charge < -0.3 is 14.4 Å². The van der Waals surface area contributed by atoms with Gasteiger partial charge in [0, 0.05) is 38.2 Å². The molecule has 1 aromatic rings. The number of morpholine rings is 1. The average molecular weight is 271 g/mol. The minimum atomic E-state index is -0.0589. The molecule has 1 saturated heterocycles. The molecule has 1 atom stereocenters. The standard InChI is InChI=1S/C12H21N3O2S/c1-4-12(2)9-15(6-8-17-12)11-13-10(14-18-11)5-7-16-3/h4-9H2,1-3H3. The van der Waals surface area contributed by atoms with Crippen LogP contribution in [0.25, 0.3) is 0 Å². The molecule has 0 bridgehead atoms. The molecule has 0 spiro atoms. The Hall–Kier alpha value is -0.720. The Balaban J connectivity index is 2.00. The molecule has 1 fully saturated rings.